The summed E-state index contributed by atoms with van der Waals surface area (Å²) in [6, 6.07) is 14.0. The molecular formula is C31H26N8O2. The van der Waals surface area contributed by atoms with Crippen LogP contribution in [0.15, 0.2) is 78.2 Å². The number of para-hydroxylation sites is 1. The summed E-state index contributed by atoms with van der Waals surface area (Å²) in [4.78, 5) is 41.3. The molecule has 4 heterocycles. The van der Waals surface area contributed by atoms with Crippen molar-refractivity contribution in [2.24, 2.45) is 7.05 Å². The van der Waals surface area contributed by atoms with Crippen LogP contribution >= 0.6 is 0 Å². The predicted octanol–water partition coefficient (Wildman–Crippen LogP) is 3.67. The highest BCUT2D eigenvalue weighted by Crippen LogP contribution is 2.21. The molecule has 6 rings (SSSR count). The molecule has 0 aliphatic rings. The molecule has 0 radical (unpaired) electrons. The Morgan fingerprint density at radius 1 is 1.00 bits per heavy atom. The number of aryl methyl sites for hydroxylation is 2. The molecule has 1 amide bonds. The van der Waals surface area contributed by atoms with E-state index in [0.717, 1.165) is 11.3 Å². The van der Waals surface area contributed by atoms with Crippen LogP contribution in [0.5, 0.6) is 0 Å². The van der Waals surface area contributed by atoms with Crippen LogP contribution in [-0.4, -0.2) is 39.6 Å². The van der Waals surface area contributed by atoms with Crippen LogP contribution in [0.2, 0.25) is 0 Å². The van der Waals surface area contributed by atoms with Gasteiger partial charge in [-0.05, 0) is 45.0 Å². The Bertz CT molecular complexity index is 2080. The summed E-state index contributed by atoms with van der Waals surface area (Å²) in [7, 11) is 1.86. The van der Waals surface area contributed by atoms with E-state index in [1.807, 2.05) is 56.4 Å². The maximum absolute atomic E-state index is 14.2. The summed E-state index contributed by atoms with van der Waals surface area (Å²) < 4.78 is 4.98. The number of fused-ring (bicyclic) bond motifs is 2. The van der Waals surface area contributed by atoms with Crippen LogP contribution in [0.3, 0.4) is 0 Å². The smallest absolute Gasteiger partial charge is 0.267 e. The lowest BCUT2D eigenvalue weighted by molar-refractivity contribution is 0.0938. The number of nitrogens with one attached hydrogen (secondary N) is 1. The van der Waals surface area contributed by atoms with Crippen LogP contribution in [0, 0.1) is 25.7 Å². The molecule has 41 heavy (non-hydrogen) atoms. The highest BCUT2D eigenvalue weighted by Gasteiger charge is 2.23. The largest absolute Gasteiger partial charge is 0.342 e. The number of amides is 1. The molecule has 0 bridgehead atoms. The minimum Gasteiger partial charge on any atom is -0.342 e. The Morgan fingerprint density at radius 3 is 2.54 bits per heavy atom. The molecule has 1 N–H and O–H groups in total. The summed E-state index contributed by atoms with van der Waals surface area (Å²) in [6.45, 7) is 5.50. The van der Waals surface area contributed by atoms with Crippen LogP contribution in [0.4, 0.5) is 0 Å². The van der Waals surface area contributed by atoms with Gasteiger partial charge in [-0.2, -0.15) is 5.10 Å². The molecule has 2 aromatic carbocycles. The van der Waals surface area contributed by atoms with Gasteiger partial charge in [0.15, 0.2) is 5.65 Å². The molecule has 10 heteroatoms. The van der Waals surface area contributed by atoms with Gasteiger partial charge in [0.05, 0.1) is 45.8 Å². The highest BCUT2D eigenvalue weighted by molar-refractivity contribution is 6.01. The summed E-state index contributed by atoms with van der Waals surface area (Å²) >= 11 is 0. The van der Waals surface area contributed by atoms with Gasteiger partial charge in [-0.3, -0.25) is 23.2 Å². The molecule has 0 aliphatic heterocycles. The van der Waals surface area contributed by atoms with E-state index in [-0.39, 0.29) is 11.5 Å². The normalized spacial score (nSPS) is 11.8. The zero-order valence-corrected chi connectivity index (χ0v) is 23.0. The van der Waals surface area contributed by atoms with E-state index < -0.39 is 6.04 Å². The fourth-order valence-corrected chi connectivity index (χ4v) is 4.80. The topological polar surface area (TPSA) is 112 Å². The van der Waals surface area contributed by atoms with Crippen molar-refractivity contribution in [1.29, 1.82) is 0 Å². The van der Waals surface area contributed by atoms with E-state index in [4.69, 9.17) is 4.98 Å². The summed E-state index contributed by atoms with van der Waals surface area (Å²) in [5.74, 6) is 6.33. The maximum Gasteiger partial charge on any atom is 0.267 e. The molecule has 202 valence electrons. The second kappa shape index (κ2) is 10.2. The summed E-state index contributed by atoms with van der Waals surface area (Å²) in [5.41, 5.74) is 4.52. The van der Waals surface area contributed by atoms with Gasteiger partial charge in [-0.1, -0.05) is 36.1 Å². The first-order valence-corrected chi connectivity index (χ1v) is 13.0. The lowest BCUT2D eigenvalue weighted by atomic mass is 10.1. The van der Waals surface area contributed by atoms with E-state index in [0.29, 0.717) is 44.9 Å². The number of hydrogen-bond acceptors (Lipinski definition) is 6. The van der Waals surface area contributed by atoms with Crippen molar-refractivity contribution >= 4 is 22.5 Å². The average molecular weight is 543 g/mol. The van der Waals surface area contributed by atoms with Gasteiger partial charge in [-0.25, -0.2) is 15.0 Å². The van der Waals surface area contributed by atoms with Crippen LogP contribution in [0.25, 0.3) is 22.2 Å². The standard InChI is InChI=1S/C31H26N8O2/c1-19-26(29-32-15-16-38(29)18-33-19)30(40)35-20(2)28-36-25-12-8-9-22(13-14-23-17-34-37(4)21(23)3)27(25)31(41)39(28)24-10-6-5-7-11-24/h5-12,15-18,20H,1-4H3,(H,35,40). The molecule has 1 unspecified atom stereocenters. The Labute approximate surface area is 235 Å². The van der Waals surface area contributed by atoms with Crippen LogP contribution in [-0.2, 0) is 7.05 Å². The summed E-state index contributed by atoms with van der Waals surface area (Å²) in [5, 5.41) is 7.66. The van der Waals surface area contributed by atoms with Crippen molar-refractivity contribution in [2.45, 2.75) is 26.8 Å². The van der Waals surface area contributed by atoms with Gasteiger partial charge in [0.1, 0.15) is 17.7 Å². The van der Waals surface area contributed by atoms with Gasteiger partial charge >= 0.3 is 0 Å². The van der Waals surface area contributed by atoms with Crippen molar-refractivity contribution in [2.75, 3.05) is 0 Å². The molecule has 6 aromatic rings. The van der Waals surface area contributed by atoms with Gasteiger partial charge in [0, 0.05) is 25.0 Å². The van der Waals surface area contributed by atoms with Gasteiger partial charge < -0.3 is 5.32 Å². The molecule has 4 aromatic heterocycles. The Balaban J connectivity index is 1.49. The minimum absolute atomic E-state index is 0.279. The summed E-state index contributed by atoms with van der Waals surface area (Å²) in [6.07, 6.45) is 6.67. The van der Waals surface area contributed by atoms with Crippen molar-refractivity contribution < 1.29 is 4.79 Å². The number of benzene rings is 2. The minimum atomic E-state index is -0.637. The maximum atomic E-state index is 14.2. The number of imidazole rings is 1. The molecule has 0 saturated heterocycles. The fraction of sp³-hybridized carbons (Fsp3) is 0.161. The van der Waals surface area contributed by atoms with Crippen molar-refractivity contribution in [3.05, 3.63) is 118 Å². The van der Waals surface area contributed by atoms with E-state index in [9.17, 15) is 9.59 Å². The molecule has 0 fully saturated rings. The number of carbonyl (C=O) groups is 1. The van der Waals surface area contributed by atoms with Gasteiger partial charge in [0.2, 0.25) is 0 Å². The van der Waals surface area contributed by atoms with Gasteiger partial charge in [-0.15, -0.1) is 0 Å². The second-order valence-corrected chi connectivity index (χ2v) is 9.72. The lowest BCUT2D eigenvalue weighted by Gasteiger charge is -2.20. The van der Waals surface area contributed by atoms with Gasteiger partial charge in [0.25, 0.3) is 11.5 Å². The van der Waals surface area contributed by atoms with Crippen LogP contribution in [0.1, 0.15) is 51.7 Å². The molecule has 10 nitrogen and oxygen atoms in total. The Hall–Kier alpha value is -5.56. The number of nitrogens with zero attached hydrogens (tertiary/aromatic N) is 7. The first-order chi connectivity index (χ1) is 19.8. The third-order valence-corrected chi connectivity index (χ3v) is 7.10. The van der Waals surface area contributed by atoms with Crippen molar-refractivity contribution in [1.82, 2.24) is 39.0 Å². The third-order valence-electron chi connectivity index (χ3n) is 7.10. The van der Waals surface area contributed by atoms with Crippen molar-refractivity contribution in [3.8, 4) is 17.5 Å². The monoisotopic (exact) mass is 542 g/mol. The Kier molecular flexibility index (Phi) is 6.40. The van der Waals surface area contributed by atoms with Crippen LogP contribution < -0.4 is 10.9 Å². The van der Waals surface area contributed by atoms with E-state index >= 15 is 0 Å². The molecular weight excluding hydrogens is 516 g/mol. The number of aromatic nitrogens is 7. The van der Waals surface area contributed by atoms with E-state index in [2.05, 4.69) is 32.2 Å². The lowest BCUT2D eigenvalue weighted by Crippen LogP contribution is -2.34. The molecule has 0 saturated carbocycles. The quantitative estimate of drug-likeness (QED) is 0.340. The second-order valence-electron chi connectivity index (χ2n) is 9.72. The number of carbonyl (C=O) groups excluding carboxylic acids is 1. The molecule has 1 atom stereocenters. The first-order valence-electron chi connectivity index (χ1n) is 13.0. The fourth-order valence-electron chi connectivity index (χ4n) is 4.80. The average Bonchev–Trinajstić information content (AvgIpc) is 3.57. The zero-order chi connectivity index (χ0) is 28.7. The SMILES string of the molecule is Cc1ncn2ccnc2c1C(=O)NC(C)c1nc2cccc(C#Cc3cnn(C)c3C)c2c(=O)n1-c1ccccc1. The van der Waals surface area contributed by atoms with E-state index in [1.54, 1.807) is 53.9 Å². The Morgan fingerprint density at radius 2 is 1.78 bits per heavy atom. The molecule has 0 aliphatic carbocycles. The molecule has 0 spiro atoms. The van der Waals surface area contributed by atoms with Crippen molar-refractivity contribution in [3.63, 3.8) is 0 Å². The number of hydrogen-bond donors (Lipinski definition) is 1. The van der Waals surface area contributed by atoms with E-state index in [1.165, 1.54) is 4.57 Å². The highest BCUT2D eigenvalue weighted by atomic mass is 16.2. The zero-order valence-electron chi connectivity index (χ0n) is 23.0. The first kappa shape index (κ1) is 25.7. The predicted molar refractivity (Wildman–Crippen MR) is 155 cm³/mol. The number of rotatable bonds is 4. The third kappa shape index (κ3) is 4.53.